The molecule has 0 fully saturated rings. The number of halogens is 12. The third-order valence-corrected chi connectivity index (χ3v) is 13.8. The number of nitro groups is 1. The van der Waals surface area contributed by atoms with Crippen LogP contribution in [0.15, 0.2) is 214 Å². The molecule has 0 atom stereocenters. The second-order valence-corrected chi connectivity index (χ2v) is 21.1. The van der Waals surface area contributed by atoms with E-state index in [1.54, 1.807) is 32.0 Å². The summed E-state index contributed by atoms with van der Waals surface area (Å²) < 4.78 is 181. The highest BCUT2D eigenvalue weighted by Crippen LogP contribution is 2.37. The van der Waals surface area contributed by atoms with Crippen molar-refractivity contribution >= 4 is 64.3 Å². The lowest BCUT2D eigenvalue weighted by Crippen LogP contribution is -2.34. The lowest BCUT2D eigenvalue weighted by atomic mass is 10.1. The van der Waals surface area contributed by atoms with Crippen molar-refractivity contribution in [1.29, 1.82) is 0 Å². The molecule has 0 amide bonds. The molecule has 106 heavy (non-hydrogen) atoms. The van der Waals surface area contributed by atoms with Gasteiger partial charge in [0.05, 0.1) is 89.7 Å². The molecule has 0 aliphatic heterocycles. The highest BCUT2D eigenvalue weighted by Gasteiger charge is 2.33. The van der Waals surface area contributed by atoms with Crippen LogP contribution < -0.4 is 63.9 Å². The van der Waals surface area contributed by atoms with Crippen molar-refractivity contribution in [2.24, 2.45) is 0 Å². The third-order valence-electron chi connectivity index (χ3n) is 13.8. The molecule has 7 aromatic heterocycles. The van der Waals surface area contributed by atoms with E-state index in [2.05, 4.69) is 56.2 Å². The van der Waals surface area contributed by atoms with Crippen LogP contribution in [0, 0.1) is 10.1 Å². The van der Waals surface area contributed by atoms with Crippen LogP contribution in [0.4, 0.5) is 117 Å². The van der Waals surface area contributed by atoms with E-state index >= 15 is 0 Å². The lowest BCUT2D eigenvalue weighted by molar-refractivity contribution is -0.389. The van der Waals surface area contributed by atoms with Gasteiger partial charge in [0.1, 0.15) is 17.3 Å². The van der Waals surface area contributed by atoms with Crippen molar-refractivity contribution in [3.63, 3.8) is 0 Å². The molecule has 0 spiro atoms. The molecule has 27 nitrogen and oxygen atoms in total. The van der Waals surface area contributed by atoms with Crippen LogP contribution in [-0.2, 0) is 24.7 Å². The summed E-state index contributed by atoms with van der Waals surface area (Å²) in [5.74, 6) is 1.04. The van der Waals surface area contributed by atoms with E-state index in [-0.39, 0.29) is 64.4 Å². The quantitative estimate of drug-likeness (QED) is 0.0193. The number of hydrogen-bond donors (Lipinski definition) is 7. The van der Waals surface area contributed by atoms with Crippen LogP contribution >= 0.6 is 0 Å². The zero-order valence-electron chi connectivity index (χ0n) is 53.8. The number of benzene rings is 4. The van der Waals surface area contributed by atoms with Crippen molar-refractivity contribution in [3.8, 4) is 62.5 Å². The van der Waals surface area contributed by atoms with Gasteiger partial charge in [-0.2, -0.15) is 52.7 Å². The van der Waals surface area contributed by atoms with Gasteiger partial charge in [0.25, 0.3) is 45.8 Å². The van der Waals surface area contributed by atoms with Crippen molar-refractivity contribution in [3.05, 3.63) is 250 Å². The average Bonchev–Trinajstić information content (AvgIpc) is 0.897. The number of aromatic nitrogens is 7. The van der Waals surface area contributed by atoms with Crippen LogP contribution in [0.3, 0.4) is 0 Å². The molecule has 0 aliphatic rings. The Morgan fingerprint density at radius 2 is 0.755 bits per heavy atom. The molecular weight excluding hydrogens is 1440 g/mol. The highest BCUT2D eigenvalue weighted by atomic mass is 19.4. The van der Waals surface area contributed by atoms with E-state index in [0.29, 0.717) is 69.9 Å². The number of rotatable bonds is 17. The van der Waals surface area contributed by atoms with Crippen LogP contribution in [-0.4, -0.2) is 58.1 Å². The minimum atomic E-state index is -4.42. The molecule has 0 saturated heterocycles. The topological polar surface area (TPSA) is 393 Å². The number of pyridine rings is 3. The number of alkyl halides is 12. The highest BCUT2D eigenvalue weighted by molar-refractivity contribution is 5.69. The SMILES string of the molecule is CCOc1c(OCC)c(=O)c1=O.Nc1ccc(Nc2ncc(-c3ccc(C(F)(F)F)cc3)o2)cn1.Nc1ncc(-c2ccc(C(F)(F)F)cc2)o1.O=[N+]([O-])c1ccc(Nc2ncc(-c3ccc(C(F)(F)F)cc3)o2)cn1.O=c1c(O)c(Nc2ccc(Nc3ncc(-c4ccc(C(F)(F)F)cc4)o3)cn2)c1=O. The smallest absolute Gasteiger partial charge is 0.416 e. The average molecular weight is 1490 g/mol. The molecule has 7 heterocycles. The fourth-order valence-corrected chi connectivity index (χ4v) is 8.59. The molecule has 0 bridgehead atoms. The molecule has 13 aromatic rings. The number of oxazole rings is 4. The predicted molar refractivity (Wildman–Crippen MR) is 356 cm³/mol. The monoisotopic (exact) mass is 1480 g/mol. The summed E-state index contributed by atoms with van der Waals surface area (Å²) in [7, 11) is 0. The molecule has 0 aliphatic carbocycles. The van der Waals surface area contributed by atoms with Crippen LogP contribution in [0.2, 0.25) is 0 Å². The van der Waals surface area contributed by atoms with E-state index in [1.807, 2.05) is 0 Å². The summed E-state index contributed by atoms with van der Waals surface area (Å²) in [5.41, 5.74) is 7.98. The molecule has 9 N–H and O–H groups in total. The van der Waals surface area contributed by atoms with Gasteiger partial charge in [-0.05, 0) is 103 Å². The van der Waals surface area contributed by atoms with E-state index < -0.39 is 79.3 Å². The molecule has 0 radical (unpaired) electrons. The van der Waals surface area contributed by atoms with E-state index in [4.69, 9.17) is 38.6 Å². The Bertz CT molecular complexity index is 5210. The number of aromatic hydroxyl groups is 1. The van der Waals surface area contributed by atoms with Gasteiger partial charge >= 0.3 is 30.5 Å². The fraction of sp³-hybridized carbons (Fsp3) is 0.119. The Morgan fingerprint density at radius 3 is 1.04 bits per heavy atom. The number of ether oxygens (including phenoxy) is 2. The molecule has 39 heteroatoms. The summed E-state index contributed by atoms with van der Waals surface area (Å²) in [6.45, 7) is 4.22. The number of nitrogens with zero attached hydrogens (tertiary/aromatic N) is 8. The van der Waals surface area contributed by atoms with Gasteiger partial charge in [-0.3, -0.25) is 19.2 Å². The summed E-state index contributed by atoms with van der Waals surface area (Å²) >= 11 is 0. The number of nitrogens with one attached hydrogen (secondary N) is 4. The third kappa shape index (κ3) is 19.8. The Kier molecular flexibility index (Phi) is 23.3. The van der Waals surface area contributed by atoms with Gasteiger partial charge in [0, 0.05) is 28.3 Å². The van der Waals surface area contributed by atoms with Gasteiger partial charge in [-0.15, -0.1) is 0 Å². The zero-order chi connectivity index (χ0) is 76.8. The number of anilines is 10. The van der Waals surface area contributed by atoms with Crippen molar-refractivity contribution < 1.29 is 89.9 Å². The first-order chi connectivity index (χ1) is 50.1. The summed E-state index contributed by atoms with van der Waals surface area (Å²) in [5, 5.41) is 30.9. The van der Waals surface area contributed by atoms with Crippen molar-refractivity contribution in [1.82, 2.24) is 34.9 Å². The Hall–Kier alpha value is -13.9. The van der Waals surface area contributed by atoms with Crippen LogP contribution in [0.5, 0.6) is 17.2 Å². The maximum absolute atomic E-state index is 12.6. The Balaban J connectivity index is 0.000000158. The van der Waals surface area contributed by atoms with E-state index in [0.717, 1.165) is 48.5 Å². The van der Waals surface area contributed by atoms with Crippen molar-refractivity contribution in [2.75, 3.05) is 45.9 Å². The van der Waals surface area contributed by atoms with Crippen LogP contribution in [0.1, 0.15) is 36.1 Å². The summed E-state index contributed by atoms with van der Waals surface area (Å²) in [4.78, 5) is 81.1. The standard InChI is InChI=1S/C19H11F3N4O4.C15H9F3N4O3.C15H11F3N4O.C10H7F3N2O.C8H10O4/c20-19(21,22)10-3-1-9(2-4-10)12-8-24-18(30-12)25-11-5-6-13(23-7-11)26-14-15(27)17(29)16(14)28;16-15(17,18)10-3-1-9(2-4-10)12-8-20-14(25-12)21-11-5-6-13(19-7-11)22(23)24;16-15(17,18)10-3-1-9(2-4-10)12-8-21-14(23-12)22-11-5-6-13(19)20-7-11;11-10(12,13)7-3-1-6(2-4-7)8-5-15-9(14)16-8;1-3-11-7-5(9)6(10)8(7)12-4-2/h1-8,27H,(H,23,26)(H,24,25);1-8H,(H,20,21);1-8H,(H2,19,20)(H,21,22);1-5H,(H2,14,15);3-4H2,1-2H3. The number of nitrogen functional groups attached to an aromatic ring is 2. The minimum Gasteiger partial charge on any atom is -0.502 e. The maximum atomic E-state index is 12.6. The zero-order valence-corrected chi connectivity index (χ0v) is 53.8. The second kappa shape index (κ2) is 32.4. The minimum absolute atomic E-state index is 0.0186. The second-order valence-electron chi connectivity index (χ2n) is 21.1. The molecule has 0 saturated carbocycles. The predicted octanol–water partition coefficient (Wildman–Crippen LogP) is 15.1. The molecule has 6 aromatic carbocycles. The first-order valence-corrected chi connectivity index (χ1v) is 29.9. The van der Waals surface area contributed by atoms with Crippen LogP contribution in [0.25, 0.3) is 45.3 Å². The summed E-state index contributed by atoms with van der Waals surface area (Å²) in [6.07, 6.45) is -7.90. The number of hydrogen-bond acceptors (Lipinski definition) is 26. The van der Waals surface area contributed by atoms with Gasteiger partial charge in [-0.1, -0.05) is 48.5 Å². The van der Waals surface area contributed by atoms with Gasteiger partial charge in [-0.25, -0.2) is 29.9 Å². The molecular formula is C67H48F12N14O13. The van der Waals surface area contributed by atoms with Gasteiger partial charge in [0.15, 0.2) is 35.0 Å². The Labute approximate surface area is 584 Å². The molecule has 0 unspecified atom stereocenters. The number of nitrogens with two attached hydrogens (primary N) is 2. The van der Waals surface area contributed by atoms with Gasteiger partial charge < -0.3 is 75.1 Å². The largest absolute Gasteiger partial charge is 0.502 e. The maximum Gasteiger partial charge on any atom is 0.416 e. The Morgan fingerprint density at radius 1 is 0.415 bits per heavy atom. The fourth-order valence-electron chi connectivity index (χ4n) is 8.59. The first-order valence-electron chi connectivity index (χ1n) is 29.9. The van der Waals surface area contributed by atoms with Crippen molar-refractivity contribution in [2.45, 2.75) is 38.6 Å². The molecule has 13 rings (SSSR count). The van der Waals surface area contributed by atoms with Gasteiger partial charge in [0.2, 0.25) is 11.5 Å². The molecule has 548 valence electrons. The first kappa shape index (κ1) is 76.3. The van der Waals surface area contributed by atoms with E-state index in [1.165, 1.54) is 110 Å². The van der Waals surface area contributed by atoms with E-state index in [9.17, 15) is 87.1 Å². The normalized spacial score (nSPS) is 11.3. The lowest BCUT2D eigenvalue weighted by Gasteiger charge is -2.10. The summed E-state index contributed by atoms with van der Waals surface area (Å²) in [6, 6.07) is 27.5.